The molecule has 5 heteroatoms. The van der Waals surface area contributed by atoms with Crippen molar-refractivity contribution in [2.24, 2.45) is 5.73 Å². The molecule has 2 N–H and O–H groups in total. The van der Waals surface area contributed by atoms with E-state index in [0.717, 1.165) is 15.8 Å². The molecule has 1 heterocycles. The van der Waals surface area contributed by atoms with Gasteiger partial charge in [-0.25, -0.2) is 0 Å². The van der Waals surface area contributed by atoms with Crippen LogP contribution < -0.4 is 5.73 Å². The highest BCUT2D eigenvalue weighted by molar-refractivity contribution is 8.01. The van der Waals surface area contributed by atoms with Crippen molar-refractivity contribution in [3.05, 3.63) is 40.4 Å². The summed E-state index contributed by atoms with van der Waals surface area (Å²) in [6.45, 7) is 6.24. The van der Waals surface area contributed by atoms with Crippen molar-refractivity contribution in [1.29, 1.82) is 0 Å². The lowest BCUT2D eigenvalue weighted by Gasteiger charge is -2.23. The standard InChI is InChI=1S/C14H19N3S2/c1-4-12(15)13(11-8-6-5-7-9(11)2)19-14-17-16-10(3)18-14/h5-8,12-13H,4,15H2,1-3H3. The summed E-state index contributed by atoms with van der Waals surface area (Å²) in [7, 11) is 0. The number of hydrogen-bond acceptors (Lipinski definition) is 5. The zero-order valence-electron chi connectivity index (χ0n) is 11.5. The van der Waals surface area contributed by atoms with Crippen LogP contribution in [0.15, 0.2) is 28.6 Å². The van der Waals surface area contributed by atoms with Crippen molar-refractivity contribution in [2.45, 2.75) is 42.8 Å². The number of nitrogens with zero attached hydrogens (tertiary/aromatic N) is 2. The van der Waals surface area contributed by atoms with Gasteiger partial charge in [0.1, 0.15) is 5.01 Å². The first kappa shape index (κ1) is 14.5. The number of thioether (sulfide) groups is 1. The van der Waals surface area contributed by atoms with Crippen LogP contribution in [0.5, 0.6) is 0 Å². The smallest absolute Gasteiger partial charge is 0.174 e. The van der Waals surface area contributed by atoms with Crippen molar-refractivity contribution in [1.82, 2.24) is 10.2 Å². The number of hydrogen-bond donors (Lipinski definition) is 1. The fraction of sp³-hybridized carbons (Fsp3) is 0.429. The highest BCUT2D eigenvalue weighted by Gasteiger charge is 2.22. The van der Waals surface area contributed by atoms with E-state index < -0.39 is 0 Å². The molecule has 102 valence electrons. The second-order valence-electron chi connectivity index (χ2n) is 4.55. The Bertz CT molecular complexity index is 539. The fourth-order valence-electron chi connectivity index (χ4n) is 1.94. The van der Waals surface area contributed by atoms with Gasteiger partial charge in [0.15, 0.2) is 4.34 Å². The van der Waals surface area contributed by atoms with Gasteiger partial charge in [-0.15, -0.1) is 10.2 Å². The van der Waals surface area contributed by atoms with Gasteiger partial charge in [0.25, 0.3) is 0 Å². The Labute approximate surface area is 122 Å². The molecular formula is C14H19N3S2. The average Bonchev–Trinajstić information content (AvgIpc) is 2.82. The van der Waals surface area contributed by atoms with E-state index in [2.05, 4.69) is 48.3 Å². The maximum Gasteiger partial charge on any atom is 0.174 e. The minimum Gasteiger partial charge on any atom is -0.326 e. The summed E-state index contributed by atoms with van der Waals surface area (Å²) in [5.41, 5.74) is 8.89. The molecule has 0 amide bonds. The first-order chi connectivity index (χ1) is 9.11. The molecule has 0 fully saturated rings. The minimum atomic E-state index is 0.121. The number of nitrogens with two attached hydrogens (primary N) is 1. The molecule has 0 aliphatic carbocycles. The Hall–Kier alpha value is -0.910. The van der Waals surface area contributed by atoms with E-state index in [0.29, 0.717) is 0 Å². The van der Waals surface area contributed by atoms with Crippen LogP contribution in [0, 0.1) is 13.8 Å². The van der Waals surface area contributed by atoms with Crippen LogP contribution in [-0.2, 0) is 0 Å². The van der Waals surface area contributed by atoms with Gasteiger partial charge < -0.3 is 5.73 Å². The maximum atomic E-state index is 6.31. The molecule has 19 heavy (non-hydrogen) atoms. The summed E-state index contributed by atoms with van der Waals surface area (Å²) >= 11 is 3.36. The second-order valence-corrected chi connectivity index (χ2v) is 7.12. The quantitative estimate of drug-likeness (QED) is 0.854. The van der Waals surface area contributed by atoms with E-state index in [9.17, 15) is 0 Å². The SMILES string of the molecule is CCC(N)C(Sc1nnc(C)s1)c1ccccc1C. The fourth-order valence-corrected chi connectivity index (χ4v) is 4.28. The Morgan fingerprint density at radius 2 is 2.00 bits per heavy atom. The summed E-state index contributed by atoms with van der Waals surface area (Å²) in [5.74, 6) is 0. The Balaban J connectivity index is 2.29. The molecular weight excluding hydrogens is 274 g/mol. The lowest BCUT2D eigenvalue weighted by Crippen LogP contribution is -2.26. The molecule has 0 bridgehead atoms. The maximum absolute atomic E-state index is 6.31. The first-order valence-corrected chi connectivity index (χ1v) is 8.09. The lowest BCUT2D eigenvalue weighted by atomic mass is 10.00. The van der Waals surface area contributed by atoms with E-state index >= 15 is 0 Å². The molecule has 0 aliphatic rings. The van der Waals surface area contributed by atoms with Gasteiger partial charge in [-0.3, -0.25) is 0 Å². The molecule has 2 rings (SSSR count). The molecule has 0 spiro atoms. The van der Waals surface area contributed by atoms with E-state index in [1.54, 1.807) is 23.1 Å². The summed E-state index contributed by atoms with van der Waals surface area (Å²) in [6, 6.07) is 8.55. The van der Waals surface area contributed by atoms with E-state index in [1.165, 1.54) is 11.1 Å². The molecule has 0 aliphatic heterocycles. The summed E-state index contributed by atoms with van der Waals surface area (Å²) in [6.07, 6.45) is 0.948. The van der Waals surface area contributed by atoms with E-state index in [-0.39, 0.29) is 11.3 Å². The molecule has 0 radical (unpaired) electrons. The predicted octanol–water partition coefficient (Wildman–Crippen LogP) is 3.73. The van der Waals surface area contributed by atoms with Gasteiger partial charge >= 0.3 is 0 Å². The van der Waals surface area contributed by atoms with E-state index in [1.807, 2.05) is 6.92 Å². The zero-order valence-corrected chi connectivity index (χ0v) is 13.1. The molecule has 2 unspecified atom stereocenters. The third-order valence-electron chi connectivity index (χ3n) is 3.09. The molecule has 1 aromatic heterocycles. The van der Waals surface area contributed by atoms with Gasteiger partial charge in [-0.1, -0.05) is 54.3 Å². The van der Waals surface area contributed by atoms with E-state index in [4.69, 9.17) is 5.73 Å². The topological polar surface area (TPSA) is 51.8 Å². The van der Waals surface area contributed by atoms with Crippen LogP contribution in [0.3, 0.4) is 0 Å². The van der Waals surface area contributed by atoms with Crippen molar-refractivity contribution >= 4 is 23.1 Å². The summed E-state index contributed by atoms with van der Waals surface area (Å²) in [5, 5.41) is 9.51. The first-order valence-electron chi connectivity index (χ1n) is 6.39. The van der Waals surface area contributed by atoms with Crippen LogP contribution in [0.1, 0.15) is 34.7 Å². The van der Waals surface area contributed by atoms with Crippen LogP contribution in [0.4, 0.5) is 0 Å². The molecule has 1 aromatic carbocycles. The zero-order chi connectivity index (χ0) is 13.8. The number of aryl methyl sites for hydroxylation is 2. The van der Waals surface area contributed by atoms with Crippen LogP contribution in [-0.4, -0.2) is 16.2 Å². The third-order valence-corrected chi connectivity index (χ3v) is 5.40. The van der Waals surface area contributed by atoms with Gasteiger partial charge in [0.2, 0.25) is 0 Å². The highest BCUT2D eigenvalue weighted by Crippen LogP contribution is 2.40. The summed E-state index contributed by atoms with van der Waals surface area (Å²) < 4.78 is 0.995. The third kappa shape index (κ3) is 3.55. The van der Waals surface area contributed by atoms with Gasteiger partial charge in [0.05, 0.1) is 5.25 Å². The Kier molecular flexibility index (Phi) is 4.96. The van der Waals surface area contributed by atoms with Crippen molar-refractivity contribution in [2.75, 3.05) is 0 Å². The van der Waals surface area contributed by atoms with Crippen molar-refractivity contribution < 1.29 is 0 Å². The van der Waals surface area contributed by atoms with Gasteiger partial charge in [-0.05, 0) is 31.4 Å². The number of rotatable bonds is 5. The molecule has 0 saturated heterocycles. The summed E-state index contributed by atoms with van der Waals surface area (Å²) in [4.78, 5) is 0. The van der Waals surface area contributed by atoms with Crippen LogP contribution >= 0.6 is 23.1 Å². The molecule has 0 saturated carbocycles. The predicted molar refractivity (Wildman–Crippen MR) is 82.7 cm³/mol. The van der Waals surface area contributed by atoms with Gasteiger partial charge in [0, 0.05) is 6.04 Å². The second kappa shape index (κ2) is 6.50. The van der Waals surface area contributed by atoms with Crippen molar-refractivity contribution in [3.63, 3.8) is 0 Å². The monoisotopic (exact) mass is 293 g/mol. The van der Waals surface area contributed by atoms with Gasteiger partial charge in [-0.2, -0.15) is 0 Å². The normalized spacial score (nSPS) is 14.3. The largest absolute Gasteiger partial charge is 0.326 e. The molecule has 3 nitrogen and oxygen atoms in total. The average molecular weight is 293 g/mol. The van der Waals surface area contributed by atoms with Crippen molar-refractivity contribution in [3.8, 4) is 0 Å². The number of benzene rings is 1. The Morgan fingerprint density at radius 3 is 2.58 bits per heavy atom. The lowest BCUT2D eigenvalue weighted by molar-refractivity contribution is 0.632. The van der Waals surface area contributed by atoms with Crippen LogP contribution in [0.25, 0.3) is 0 Å². The Morgan fingerprint density at radius 1 is 1.26 bits per heavy atom. The van der Waals surface area contributed by atoms with Crippen LogP contribution in [0.2, 0.25) is 0 Å². The highest BCUT2D eigenvalue weighted by atomic mass is 32.2. The molecule has 2 atom stereocenters. The minimum absolute atomic E-state index is 0.121. The molecule has 2 aromatic rings. The number of aromatic nitrogens is 2.